The molecule has 0 saturated carbocycles. The number of rotatable bonds is 6. The van der Waals surface area contributed by atoms with Crippen LogP contribution in [0.3, 0.4) is 0 Å². The number of nitrogens with one attached hydrogen (secondary N) is 1. The standard InChI is InChI=1S/C22H32FN3O2/c1-17-7-14-26(15-8-17)21(27)16-25-12-9-19(10-13-25)22(28)24-11-6-18-4-2-3-5-20(18)23/h2-5,17,19H,6-16H2,1H3,(H,24,28). The summed E-state index contributed by atoms with van der Waals surface area (Å²) in [5, 5.41) is 2.94. The maximum atomic E-state index is 13.6. The van der Waals surface area contributed by atoms with Crippen LogP contribution in [0.15, 0.2) is 24.3 Å². The first-order chi connectivity index (χ1) is 13.5. The molecule has 0 atom stereocenters. The lowest BCUT2D eigenvalue weighted by Crippen LogP contribution is -2.47. The monoisotopic (exact) mass is 389 g/mol. The van der Waals surface area contributed by atoms with Crippen molar-refractivity contribution < 1.29 is 14.0 Å². The van der Waals surface area contributed by atoms with E-state index in [1.165, 1.54) is 6.07 Å². The molecule has 1 aromatic carbocycles. The first-order valence-electron chi connectivity index (χ1n) is 10.5. The summed E-state index contributed by atoms with van der Waals surface area (Å²) in [4.78, 5) is 29.0. The molecule has 0 radical (unpaired) electrons. The van der Waals surface area contributed by atoms with Gasteiger partial charge in [-0.1, -0.05) is 25.1 Å². The van der Waals surface area contributed by atoms with Gasteiger partial charge in [0.1, 0.15) is 5.82 Å². The molecule has 2 aliphatic heterocycles. The summed E-state index contributed by atoms with van der Waals surface area (Å²) < 4.78 is 13.6. The highest BCUT2D eigenvalue weighted by molar-refractivity contribution is 5.79. The molecule has 0 aliphatic carbocycles. The van der Waals surface area contributed by atoms with Crippen molar-refractivity contribution in [3.05, 3.63) is 35.6 Å². The molecule has 1 N–H and O–H groups in total. The molecule has 2 heterocycles. The second-order valence-electron chi connectivity index (χ2n) is 8.25. The summed E-state index contributed by atoms with van der Waals surface area (Å²) in [6.07, 6.45) is 4.24. The molecule has 2 fully saturated rings. The van der Waals surface area contributed by atoms with Crippen molar-refractivity contribution in [2.24, 2.45) is 11.8 Å². The van der Waals surface area contributed by atoms with E-state index in [4.69, 9.17) is 0 Å². The Kier molecular flexibility index (Phi) is 7.43. The molecular formula is C22H32FN3O2. The van der Waals surface area contributed by atoms with E-state index < -0.39 is 0 Å². The number of piperidine rings is 2. The Morgan fingerprint density at radius 3 is 2.43 bits per heavy atom. The third-order valence-electron chi connectivity index (χ3n) is 6.10. The Hall–Kier alpha value is -1.95. The lowest BCUT2D eigenvalue weighted by Gasteiger charge is -2.34. The van der Waals surface area contributed by atoms with E-state index in [1.807, 2.05) is 11.0 Å². The average molecular weight is 390 g/mol. The van der Waals surface area contributed by atoms with Crippen LogP contribution in [0.25, 0.3) is 0 Å². The second-order valence-corrected chi connectivity index (χ2v) is 8.25. The first-order valence-corrected chi connectivity index (χ1v) is 10.5. The lowest BCUT2D eigenvalue weighted by atomic mass is 9.95. The van der Waals surface area contributed by atoms with Crippen LogP contribution in [0, 0.1) is 17.7 Å². The molecule has 3 rings (SSSR count). The predicted octanol–water partition coefficient (Wildman–Crippen LogP) is 2.45. The smallest absolute Gasteiger partial charge is 0.236 e. The minimum Gasteiger partial charge on any atom is -0.356 e. The van der Waals surface area contributed by atoms with Crippen LogP contribution in [-0.2, 0) is 16.0 Å². The Morgan fingerprint density at radius 2 is 1.75 bits per heavy atom. The quantitative estimate of drug-likeness (QED) is 0.813. The van der Waals surface area contributed by atoms with Crippen LogP contribution in [-0.4, -0.2) is 60.9 Å². The zero-order chi connectivity index (χ0) is 19.9. The Balaban J connectivity index is 1.34. The molecule has 6 heteroatoms. The number of hydrogen-bond acceptors (Lipinski definition) is 3. The zero-order valence-corrected chi connectivity index (χ0v) is 16.8. The van der Waals surface area contributed by atoms with E-state index in [1.54, 1.807) is 12.1 Å². The van der Waals surface area contributed by atoms with Gasteiger partial charge in [-0.25, -0.2) is 4.39 Å². The molecule has 5 nitrogen and oxygen atoms in total. The van der Waals surface area contributed by atoms with Crippen molar-refractivity contribution in [1.82, 2.24) is 15.1 Å². The van der Waals surface area contributed by atoms with Crippen molar-refractivity contribution in [1.29, 1.82) is 0 Å². The van der Waals surface area contributed by atoms with Crippen LogP contribution >= 0.6 is 0 Å². The number of carbonyl (C=O) groups is 2. The maximum Gasteiger partial charge on any atom is 0.236 e. The second kappa shape index (κ2) is 10.0. The molecule has 28 heavy (non-hydrogen) atoms. The molecular weight excluding hydrogens is 357 g/mol. The van der Waals surface area contributed by atoms with Gasteiger partial charge in [0.2, 0.25) is 11.8 Å². The third-order valence-corrected chi connectivity index (χ3v) is 6.10. The van der Waals surface area contributed by atoms with Crippen LogP contribution < -0.4 is 5.32 Å². The normalized spacial score (nSPS) is 19.6. The number of halogens is 1. The van der Waals surface area contributed by atoms with E-state index in [0.29, 0.717) is 25.1 Å². The molecule has 0 spiro atoms. The van der Waals surface area contributed by atoms with E-state index in [2.05, 4.69) is 17.1 Å². The van der Waals surface area contributed by atoms with E-state index >= 15 is 0 Å². The third kappa shape index (κ3) is 5.77. The summed E-state index contributed by atoms with van der Waals surface area (Å²) in [6, 6.07) is 6.67. The SMILES string of the molecule is CC1CCN(C(=O)CN2CCC(C(=O)NCCc3ccccc3F)CC2)CC1. The Labute approximate surface area is 167 Å². The topological polar surface area (TPSA) is 52.7 Å². The number of hydrogen-bond donors (Lipinski definition) is 1. The van der Waals surface area contributed by atoms with Gasteiger partial charge in [0.25, 0.3) is 0 Å². The van der Waals surface area contributed by atoms with Gasteiger partial charge >= 0.3 is 0 Å². The summed E-state index contributed by atoms with van der Waals surface area (Å²) in [5.74, 6) is 0.754. The van der Waals surface area contributed by atoms with Crippen molar-refractivity contribution in [2.75, 3.05) is 39.3 Å². The van der Waals surface area contributed by atoms with Crippen LogP contribution in [0.2, 0.25) is 0 Å². The van der Waals surface area contributed by atoms with Gasteiger partial charge in [0.05, 0.1) is 6.54 Å². The van der Waals surface area contributed by atoms with Gasteiger partial charge in [-0.2, -0.15) is 0 Å². The number of nitrogens with zero attached hydrogens (tertiary/aromatic N) is 2. The largest absolute Gasteiger partial charge is 0.356 e. The fraction of sp³-hybridized carbons (Fsp3) is 0.636. The van der Waals surface area contributed by atoms with Crippen molar-refractivity contribution in [3.8, 4) is 0 Å². The molecule has 0 bridgehead atoms. The van der Waals surface area contributed by atoms with Crippen molar-refractivity contribution in [3.63, 3.8) is 0 Å². The minimum atomic E-state index is -0.224. The van der Waals surface area contributed by atoms with Crippen LogP contribution in [0.4, 0.5) is 4.39 Å². The van der Waals surface area contributed by atoms with E-state index in [0.717, 1.165) is 57.8 Å². The number of benzene rings is 1. The van der Waals surface area contributed by atoms with Crippen LogP contribution in [0.1, 0.15) is 38.2 Å². The molecule has 1 aromatic rings. The highest BCUT2D eigenvalue weighted by atomic mass is 19.1. The Bertz CT molecular complexity index is 666. The molecule has 154 valence electrons. The van der Waals surface area contributed by atoms with Gasteiger partial charge in [-0.15, -0.1) is 0 Å². The average Bonchev–Trinajstić information content (AvgIpc) is 2.70. The fourth-order valence-corrected chi connectivity index (χ4v) is 4.07. The highest BCUT2D eigenvalue weighted by Crippen LogP contribution is 2.19. The van der Waals surface area contributed by atoms with Gasteiger partial charge in [-0.05, 0) is 62.7 Å². The minimum absolute atomic E-state index is 0.0113. The highest BCUT2D eigenvalue weighted by Gasteiger charge is 2.27. The molecule has 0 aromatic heterocycles. The maximum absolute atomic E-state index is 13.6. The summed E-state index contributed by atoms with van der Waals surface area (Å²) in [6.45, 7) is 6.47. The molecule has 0 unspecified atom stereocenters. The summed E-state index contributed by atoms with van der Waals surface area (Å²) in [5.41, 5.74) is 0.628. The van der Waals surface area contributed by atoms with E-state index in [-0.39, 0.29) is 23.5 Å². The summed E-state index contributed by atoms with van der Waals surface area (Å²) in [7, 11) is 0. The number of amides is 2. The lowest BCUT2D eigenvalue weighted by molar-refractivity contribution is -0.134. The number of likely N-dealkylation sites (tertiary alicyclic amines) is 2. The molecule has 2 aliphatic rings. The van der Waals surface area contributed by atoms with Gasteiger partial charge < -0.3 is 10.2 Å². The van der Waals surface area contributed by atoms with Crippen molar-refractivity contribution >= 4 is 11.8 Å². The fourth-order valence-electron chi connectivity index (χ4n) is 4.07. The number of carbonyl (C=O) groups excluding carboxylic acids is 2. The van der Waals surface area contributed by atoms with Crippen molar-refractivity contribution in [2.45, 2.75) is 39.0 Å². The van der Waals surface area contributed by atoms with Gasteiger partial charge in [0, 0.05) is 25.6 Å². The molecule has 2 saturated heterocycles. The molecule has 2 amide bonds. The zero-order valence-electron chi connectivity index (χ0n) is 16.8. The predicted molar refractivity (Wildman–Crippen MR) is 107 cm³/mol. The van der Waals surface area contributed by atoms with Gasteiger partial charge in [-0.3, -0.25) is 14.5 Å². The summed E-state index contributed by atoms with van der Waals surface area (Å²) >= 11 is 0. The van der Waals surface area contributed by atoms with E-state index in [9.17, 15) is 14.0 Å². The van der Waals surface area contributed by atoms with Crippen LogP contribution in [0.5, 0.6) is 0 Å². The Morgan fingerprint density at radius 1 is 1.07 bits per heavy atom. The first kappa shape index (κ1) is 20.8. The van der Waals surface area contributed by atoms with Gasteiger partial charge in [0.15, 0.2) is 0 Å².